The molecule has 1 fully saturated rings. The highest BCUT2D eigenvalue weighted by atomic mass is 32.2. The molecule has 10 heteroatoms. The highest BCUT2D eigenvalue weighted by Gasteiger charge is 2.31. The molecule has 27 heavy (non-hydrogen) atoms. The van der Waals surface area contributed by atoms with Gasteiger partial charge in [-0.25, -0.2) is 13.1 Å². The van der Waals surface area contributed by atoms with Gasteiger partial charge >= 0.3 is 11.7 Å². The molecule has 6 nitrogen and oxygen atoms in total. The molecule has 0 N–H and O–H groups in total. The smallest absolute Gasteiger partial charge is 0.408 e. The molecule has 2 aromatic rings. The van der Waals surface area contributed by atoms with E-state index in [1.807, 2.05) is 0 Å². The summed E-state index contributed by atoms with van der Waals surface area (Å²) in [6.07, 6.45) is -0.513. The third-order valence-corrected chi connectivity index (χ3v) is 5.21. The molecule has 0 spiro atoms. The van der Waals surface area contributed by atoms with Gasteiger partial charge in [-0.2, -0.15) is 18.3 Å². The van der Waals surface area contributed by atoms with E-state index in [0.29, 0.717) is 10.2 Å². The van der Waals surface area contributed by atoms with Crippen LogP contribution in [0.15, 0.2) is 40.2 Å². The minimum absolute atomic E-state index is 0.0880. The summed E-state index contributed by atoms with van der Waals surface area (Å²) in [5, 5.41) is 3.60. The number of aromatic nitrogens is 2. The predicted octanol–water partition coefficient (Wildman–Crippen LogP) is 2.66. The van der Waals surface area contributed by atoms with Crippen molar-refractivity contribution in [1.82, 2.24) is 9.78 Å². The lowest BCUT2D eigenvalue weighted by Gasteiger charge is -2.14. The molecule has 0 amide bonds. The summed E-state index contributed by atoms with van der Waals surface area (Å²) in [6.45, 7) is -1.28. The van der Waals surface area contributed by atoms with Crippen molar-refractivity contribution in [2.75, 3.05) is 12.9 Å². The van der Waals surface area contributed by atoms with Crippen molar-refractivity contribution >= 4 is 9.84 Å². The monoisotopic (exact) mass is 402 g/mol. The first-order valence-electron chi connectivity index (χ1n) is 8.15. The summed E-state index contributed by atoms with van der Waals surface area (Å²) < 4.78 is 67.0. The second-order valence-corrected chi connectivity index (χ2v) is 8.53. The van der Waals surface area contributed by atoms with E-state index in [-0.39, 0.29) is 28.7 Å². The number of hydrogen-bond acceptors (Lipinski definition) is 5. The van der Waals surface area contributed by atoms with E-state index in [2.05, 4.69) is 5.10 Å². The van der Waals surface area contributed by atoms with Gasteiger partial charge in [0.2, 0.25) is 0 Å². The summed E-state index contributed by atoms with van der Waals surface area (Å²) in [4.78, 5) is 12.6. The summed E-state index contributed by atoms with van der Waals surface area (Å²) in [5.74, 6) is 0.0716. The van der Waals surface area contributed by atoms with E-state index < -0.39 is 28.1 Å². The van der Waals surface area contributed by atoms with Crippen molar-refractivity contribution in [2.45, 2.75) is 30.5 Å². The van der Waals surface area contributed by atoms with Gasteiger partial charge in [0, 0.05) is 11.8 Å². The molecular weight excluding hydrogens is 385 g/mol. The Morgan fingerprint density at radius 1 is 1.22 bits per heavy atom. The van der Waals surface area contributed by atoms with E-state index >= 15 is 0 Å². The summed E-state index contributed by atoms with van der Waals surface area (Å²) in [5.41, 5.74) is -0.325. The molecule has 1 aliphatic carbocycles. The van der Waals surface area contributed by atoms with E-state index in [4.69, 9.17) is 4.74 Å². The minimum Gasteiger partial charge on any atom is -0.487 e. The fraction of sp³-hybridized carbons (Fsp3) is 0.412. The minimum atomic E-state index is -4.59. The maximum Gasteiger partial charge on any atom is 0.408 e. The molecule has 0 unspecified atom stereocenters. The molecule has 0 radical (unpaired) electrons. The van der Waals surface area contributed by atoms with Crippen molar-refractivity contribution in [3.63, 3.8) is 0 Å². The molecule has 1 aromatic carbocycles. The van der Waals surface area contributed by atoms with Gasteiger partial charge in [0.05, 0.1) is 17.7 Å². The van der Waals surface area contributed by atoms with Crippen molar-refractivity contribution < 1.29 is 26.3 Å². The molecule has 0 aliphatic heterocycles. The Hall–Kier alpha value is -2.36. The van der Waals surface area contributed by atoms with Crippen LogP contribution in [0.4, 0.5) is 13.2 Å². The molecule has 0 saturated heterocycles. The lowest BCUT2D eigenvalue weighted by Crippen LogP contribution is -2.31. The maximum atomic E-state index is 12.7. The summed E-state index contributed by atoms with van der Waals surface area (Å²) in [7, 11) is -3.40. The van der Waals surface area contributed by atoms with Crippen LogP contribution in [0.3, 0.4) is 0 Å². The van der Waals surface area contributed by atoms with Crippen LogP contribution >= 0.6 is 0 Å². The average molecular weight is 402 g/mol. The number of nitrogens with zero attached hydrogens (tertiary/aromatic N) is 2. The molecule has 146 valence electrons. The quantitative estimate of drug-likeness (QED) is 0.742. The zero-order valence-electron chi connectivity index (χ0n) is 14.4. The predicted molar refractivity (Wildman–Crippen MR) is 91.3 cm³/mol. The van der Waals surface area contributed by atoms with Gasteiger partial charge in [-0.3, -0.25) is 4.79 Å². The Balaban J connectivity index is 2.02. The highest BCUT2D eigenvalue weighted by Crippen LogP contribution is 2.32. The third-order valence-electron chi connectivity index (χ3n) is 4.08. The van der Waals surface area contributed by atoms with Crippen molar-refractivity contribution in [3.05, 3.63) is 40.8 Å². The second kappa shape index (κ2) is 6.99. The van der Waals surface area contributed by atoms with Crippen LogP contribution in [-0.4, -0.2) is 37.2 Å². The first kappa shape index (κ1) is 19.4. The number of ether oxygens (including phenoxy) is 1. The van der Waals surface area contributed by atoms with Crippen LogP contribution < -0.4 is 10.3 Å². The van der Waals surface area contributed by atoms with Crippen molar-refractivity contribution in [2.24, 2.45) is 5.92 Å². The van der Waals surface area contributed by atoms with Gasteiger partial charge in [-0.1, -0.05) is 12.1 Å². The number of halogens is 3. The van der Waals surface area contributed by atoms with Gasteiger partial charge in [-0.05, 0) is 36.5 Å². The fourth-order valence-corrected chi connectivity index (χ4v) is 3.10. The number of rotatable bonds is 6. The number of sulfone groups is 1. The van der Waals surface area contributed by atoms with E-state index in [1.54, 1.807) is 0 Å². The average Bonchev–Trinajstić information content (AvgIpc) is 3.38. The lowest BCUT2D eigenvalue weighted by molar-refractivity contribution is -0.143. The maximum absolute atomic E-state index is 12.7. The molecular formula is C17H17F3N2O4S. The largest absolute Gasteiger partial charge is 0.487 e. The molecule has 1 heterocycles. The zero-order valence-corrected chi connectivity index (χ0v) is 15.2. The number of alkyl halides is 3. The standard InChI is InChI=1S/C17H17F3N2O4S/c1-27(24,25)13-6-4-12(5-7-13)14-8-21-22(10-17(18,19)20)16(23)15(14)26-9-11-2-3-11/h4-8,11H,2-3,9-10H2,1H3. The van der Waals surface area contributed by atoms with Crippen molar-refractivity contribution in [3.8, 4) is 16.9 Å². The van der Waals surface area contributed by atoms with Crippen LogP contribution in [0.2, 0.25) is 0 Å². The van der Waals surface area contributed by atoms with E-state index in [9.17, 15) is 26.4 Å². The Kier molecular flexibility index (Phi) is 5.02. The first-order valence-corrected chi connectivity index (χ1v) is 10.0. The van der Waals surface area contributed by atoms with Crippen LogP contribution in [-0.2, 0) is 16.4 Å². The fourth-order valence-electron chi connectivity index (χ4n) is 2.47. The Bertz CT molecular complexity index is 994. The van der Waals surface area contributed by atoms with E-state index in [0.717, 1.165) is 25.3 Å². The first-order chi connectivity index (χ1) is 12.5. The Morgan fingerprint density at radius 2 is 1.85 bits per heavy atom. The Labute approximate surface area is 153 Å². The van der Waals surface area contributed by atoms with Crippen LogP contribution in [0.25, 0.3) is 11.1 Å². The molecule has 0 bridgehead atoms. The molecule has 1 aromatic heterocycles. The third kappa shape index (κ3) is 4.88. The van der Waals surface area contributed by atoms with Crippen LogP contribution in [0.5, 0.6) is 5.75 Å². The summed E-state index contributed by atoms with van der Waals surface area (Å²) >= 11 is 0. The van der Waals surface area contributed by atoms with Gasteiger partial charge < -0.3 is 4.74 Å². The molecule has 0 atom stereocenters. The zero-order chi connectivity index (χ0) is 19.8. The van der Waals surface area contributed by atoms with Gasteiger partial charge in [0.25, 0.3) is 0 Å². The number of hydrogen-bond donors (Lipinski definition) is 0. The SMILES string of the molecule is CS(=O)(=O)c1ccc(-c2cnn(CC(F)(F)F)c(=O)c2OCC2CC2)cc1. The Morgan fingerprint density at radius 3 is 2.37 bits per heavy atom. The lowest BCUT2D eigenvalue weighted by atomic mass is 10.1. The normalized spacial score (nSPS) is 15.0. The number of benzene rings is 1. The highest BCUT2D eigenvalue weighted by molar-refractivity contribution is 7.90. The molecule has 3 rings (SSSR count). The summed E-state index contributed by atoms with van der Waals surface area (Å²) in [6, 6.07) is 5.64. The van der Waals surface area contributed by atoms with E-state index in [1.165, 1.54) is 24.3 Å². The van der Waals surface area contributed by atoms with Gasteiger partial charge in [0.15, 0.2) is 15.6 Å². The van der Waals surface area contributed by atoms with Crippen LogP contribution in [0, 0.1) is 5.92 Å². The second-order valence-electron chi connectivity index (χ2n) is 6.52. The molecule has 1 aliphatic rings. The van der Waals surface area contributed by atoms with Gasteiger partial charge in [0.1, 0.15) is 6.54 Å². The van der Waals surface area contributed by atoms with Crippen molar-refractivity contribution in [1.29, 1.82) is 0 Å². The van der Waals surface area contributed by atoms with Gasteiger partial charge in [-0.15, -0.1) is 0 Å². The van der Waals surface area contributed by atoms with Crippen LogP contribution in [0.1, 0.15) is 12.8 Å². The topological polar surface area (TPSA) is 78.3 Å². The molecule has 1 saturated carbocycles.